The van der Waals surface area contributed by atoms with Crippen molar-refractivity contribution in [2.75, 3.05) is 4.90 Å². The van der Waals surface area contributed by atoms with Gasteiger partial charge in [0.1, 0.15) is 5.82 Å². The number of carbonyl (C=O) groups excluding carboxylic acids is 1. The molecule has 0 spiro atoms. The van der Waals surface area contributed by atoms with E-state index in [1.165, 1.54) is 5.56 Å². The standard InChI is InChI=1S/C19H18BrN3O/c1-11-8-14-9-15(20)5-7-17(14)23(11)19(24)13-4-6-18-16(10-13)21-12(2)22(18)3/h4-7,9-11H,8H2,1-3H3/t11-/m1/s1. The van der Waals surface area contributed by atoms with Crippen molar-refractivity contribution in [2.45, 2.75) is 26.3 Å². The van der Waals surface area contributed by atoms with E-state index >= 15 is 0 Å². The Bertz CT molecular complexity index is 976. The van der Waals surface area contributed by atoms with Gasteiger partial charge in [-0.2, -0.15) is 0 Å². The summed E-state index contributed by atoms with van der Waals surface area (Å²) in [6.07, 6.45) is 0.880. The lowest BCUT2D eigenvalue weighted by Crippen LogP contribution is -2.35. The number of imidazole rings is 1. The van der Waals surface area contributed by atoms with Crippen molar-refractivity contribution in [3.8, 4) is 0 Å². The summed E-state index contributed by atoms with van der Waals surface area (Å²) in [5.74, 6) is 0.980. The zero-order valence-electron chi connectivity index (χ0n) is 13.9. The highest BCUT2D eigenvalue weighted by Gasteiger charge is 2.31. The quantitative estimate of drug-likeness (QED) is 0.630. The summed E-state index contributed by atoms with van der Waals surface area (Å²) in [5.41, 5.74) is 4.81. The topological polar surface area (TPSA) is 38.1 Å². The molecule has 24 heavy (non-hydrogen) atoms. The molecule has 4 nitrogen and oxygen atoms in total. The van der Waals surface area contributed by atoms with Crippen LogP contribution in [0.3, 0.4) is 0 Å². The molecule has 0 fully saturated rings. The Morgan fingerprint density at radius 1 is 1.25 bits per heavy atom. The fourth-order valence-corrected chi connectivity index (χ4v) is 3.91. The Kier molecular flexibility index (Phi) is 3.49. The van der Waals surface area contributed by atoms with E-state index in [4.69, 9.17) is 0 Å². The lowest BCUT2D eigenvalue weighted by molar-refractivity contribution is 0.0981. The minimum atomic E-state index is 0.0359. The molecule has 0 unspecified atom stereocenters. The molecule has 1 atom stereocenters. The molecule has 3 aromatic rings. The van der Waals surface area contributed by atoms with Crippen LogP contribution in [-0.2, 0) is 13.5 Å². The fourth-order valence-electron chi connectivity index (χ4n) is 3.50. The second kappa shape index (κ2) is 5.45. The predicted molar refractivity (Wildman–Crippen MR) is 99.6 cm³/mol. The number of benzene rings is 2. The molecule has 1 aliphatic heterocycles. The average molecular weight is 384 g/mol. The second-order valence-corrected chi connectivity index (χ2v) is 7.34. The maximum absolute atomic E-state index is 13.1. The number of hydrogen-bond donors (Lipinski definition) is 0. The summed E-state index contributed by atoms with van der Waals surface area (Å²) in [6, 6.07) is 12.0. The lowest BCUT2D eigenvalue weighted by Gasteiger charge is -2.23. The third-order valence-corrected chi connectivity index (χ3v) is 5.32. The van der Waals surface area contributed by atoms with Gasteiger partial charge in [0.05, 0.1) is 11.0 Å². The first kappa shape index (κ1) is 15.4. The van der Waals surface area contributed by atoms with Crippen molar-refractivity contribution in [3.05, 3.63) is 57.8 Å². The predicted octanol–water partition coefficient (Wildman–Crippen LogP) is 4.24. The van der Waals surface area contributed by atoms with Gasteiger partial charge in [-0.05, 0) is 62.2 Å². The summed E-state index contributed by atoms with van der Waals surface area (Å²) in [7, 11) is 1.99. The number of nitrogens with zero attached hydrogens (tertiary/aromatic N) is 3. The van der Waals surface area contributed by atoms with E-state index in [0.29, 0.717) is 5.56 Å². The van der Waals surface area contributed by atoms with Crippen LogP contribution in [0.15, 0.2) is 40.9 Å². The summed E-state index contributed by atoms with van der Waals surface area (Å²) < 4.78 is 3.09. The van der Waals surface area contributed by atoms with Crippen molar-refractivity contribution < 1.29 is 4.79 Å². The van der Waals surface area contributed by atoms with Gasteiger partial charge in [-0.15, -0.1) is 0 Å². The molecule has 2 aromatic carbocycles. The largest absolute Gasteiger partial charge is 0.331 e. The van der Waals surface area contributed by atoms with Crippen LogP contribution in [0, 0.1) is 6.92 Å². The molecule has 1 amide bonds. The van der Waals surface area contributed by atoms with Gasteiger partial charge in [0.25, 0.3) is 5.91 Å². The molecule has 0 saturated heterocycles. The molecular weight excluding hydrogens is 366 g/mol. The van der Waals surface area contributed by atoms with Gasteiger partial charge in [0, 0.05) is 28.8 Å². The molecular formula is C19H18BrN3O. The number of amides is 1. The van der Waals surface area contributed by atoms with Crippen LogP contribution < -0.4 is 4.90 Å². The van der Waals surface area contributed by atoms with Crippen molar-refractivity contribution in [3.63, 3.8) is 0 Å². The van der Waals surface area contributed by atoms with Gasteiger partial charge in [-0.25, -0.2) is 4.98 Å². The Morgan fingerprint density at radius 3 is 2.83 bits per heavy atom. The second-order valence-electron chi connectivity index (χ2n) is 6.42. The molecule has 0 saturated carbocycles. The van der Waals surface area contributed by atoms with Crippen molar-refractivity contribution >= 4 is 38.6 Å². The van der Waals surface area contributed by atoms with E-state index in [0.717, 1.165) is 33.4 Å². The molecule has 0 aliphatic carbocycles. The molecule has 0 N–H and O–H groups in total. The van der Waals surface area contributed by atoms with Gasteiger partial charge < -0.3 is 9.47 Å². The zero-order valence-corrected chi connectivity index (χ0v) is 15.5. The Hall–Kier alpha value is -2.14. The van der Waals surface area contributed by atoms with Crippen LogP contribution in [0.4, 0.5) is 5.69 Å². The van der Waals surface area contributed by atoms with E-state index in [-0.39, 0.29) is 11.9 Å². The van der Waals surface area contributed by atoms with Crippen LogP contribution in [0.5, 0.6) is 0 Å². The van der Waals surface area contributed by atoms with Gasteiger partial charge in [0.2, 0.25) is 0 Å². The Balaban J connectivity index is 1.76. The molecule has 0 radical (unpaired) electrons. The van der Waals surface area contributed by atoms with Gasteiger partial charge in [0.15, 0.2) is 0 Å². The maximum Gasteiger partial charge on any atom is 0.258 e. The summed E-state index contributed by atoms with van der Waals surface area (Å²) in [5, 5.41) is 0. The average Bonchev–Trinajstić information content (AvgIpc) is 3.02. The van der Waals surface area contributed by atoms with Gasteiger partial charge >= 0.3 is 0 Å². The minimum absolute atomic E-state index is 0.0359. The zero-order chi connectivity index (χ0) is 17.0. The molecule has 2 heterocycles. The fraction of sp³-hybridized carbons (Fsp3) is 0.263. The lowest BCUT2D eigenvalue weighted by atomic mass is 10.1. The Morgan fingerprint density at radius 2 is 2.04 bits per heavy atom. The smallest absolute Gasteiger partial charge is 0.258 e. The number of rotatable bonds is 1. The van der Waals surface area contributed by atoms with Crippen LogP contribution in [0.1, 0.15) is 28.7 Å². The number of carbonyl (C=O) groups is 1. The van der Waals surface area contributed by atoms with E-state index in [2.05, 4.69) is 33.9 Å². The first-order chi connectivity index (χ1) is 11.5. The van der Waals surface area contributed by atoms with Crippen molar-refractivity contribution in [1.82, 2.24) is 9.55 Å². The molecule has 4 rings (SSSR count). The van der Waals surface area contributed by atoms with E-state index in [9.17, 15) is 4.79 Å². The third kappa shape index (κ3) is 2.26. The molecule has 0 bridgehead atoms. The maximum atomic E-state index is 13.1. The number of aromatic nitrogens is 2. The highest BCUT2D eigenvalue weighted by Crippen LogP contribution is 2.35. The molecule has 1 aliphatic rings. The summed E-state index contributed by atoms with van der Waals surface area (Å²) >= 11 is 3.51. The van der Waals surface area contributed by atoms with Crippen LogP contribution in [0.25, 0.3) is 11.0 Å². The number of halogens is 1. The highest BCUT2D eigenvalue weighted by molar-refractivity contribution is 9.10. The molecule has 5 heteroatoms. The van der Waals surface area contributed by atoms with Crippen LogP contribution in [-0.4, -0.2) is 21.5 Å². The van der Waals surface area contributed by atoms with Crippen molar-refractivity contribution in [2.24, 2.45) is 7.05 Å². The van der Waals surface area contributed by atoms with Crippen LogP contribution >= 0.6 is 15.9 Å². The first-order valence-electron chi connectivity index (χ1n) is 8.01. The van der Waals surface area contributed by atoms with Gasteiger partial charge in [-0.1, -0.05) is 15.9 Å². The Labute approximate surface area is 149 Å². The summed E-state index contributed by atoms with van der Waals surface area (Å²) in [4.78, 5) is 19.6. The highest BCUT2D eigenvalue weighted by atomic mass is 79.9. The van der Waals surface area contributed by atoms with E-state index in [1.807, 2.05) is 53.8 Å². The number of fused-ring (bicyclic) bond motifs is 2. The van der Waals surface area contributed by atoms with E-state index in [1.54, 1.807) is 0 Å². The minimum Gasteiger partial charge on any atom is -0.331 e. The monoisotopic (exact) mass is 383 g/mol. The van der Waals surface area contributed by atoms with Crippen molar-refractivity contribution in [1.29, 1.82) is 0 Å². The number of hydrogen-bond acceptors (Lipinski definition) is 2. The summed E-state index contributed by atoms with van der Waals surface area (Å²) in [6.45, 7) is 4.06. The van der Waals surface area contributed by atoms with E-state index < -0.39 is 0 Å². The number of anilines is 1. The number of aryl methyl sites for hydroxylation is 2. The van der Waals surface area contributed by atoms with Gasteiger partial charge in [-0.3, -0.25) is 4.79 Å². The molecule has 1 aromatic heterocycles. The first-order valence-corrected chi connectivity index (χ1v) is 8.80. The van der Waals surface area contributed by atoms with Crippen LogP contribution in [0.2, 0.25) is 0 Å². The molecule has 122 valence electrons. The normalized spacial score (nSPS) is 16.7. The SMILES string of the molecule is Cc1nc2cc(C(=O)N3c4ccc(Br)cc4C[C@H]3C)ccc2n1C. The third-order valence-electron chi connectivity index (χ3n) is 4.83.